The molecule has 0 aliphatic carbocycles. The molecule has 1 aromatic carbocycles. The van der Waals surface area contributed by atoms with Crippen molar-refractivity contribution in [2.75, 3.05) is 5.32 Å². The summed E-state index contributed by atoms with van der Waals surface area (Å²) < 4.78 is 1.57. The number of H-pyrrole nitrogens is 1. The van der Waals surface area contributed by atoms with Crippen LogP contribution in [0.4, 0.5) is 5.69 Å². The molecule has 4 heteroatoms. The van der Waals surface area contributed by atoms with Crippen LogP contribution >= 0.6 is 0 Å². The first-order chi connectivity index (χ1) is 7.66. The molecule has 4 nitrogen and oxygen atoms in total. The van der Waals surface area contributed by atoms with Crippen LogP contribution in [0.5, 0.6) is 0 Å². The number of hydrogen-bond donors (Lipinski definition) is 2. The topological polar surface area (TPSA) is 49.8 Å². The van der Waals surface area contributed by atoms with Crippen LogP contribution in [0.2, 0.25) is 0 Å². The maximum Gasteiger partial charge on any atom is 0.330 e. The van der Waals surface area contributed by atoms with Crippen LogP contribution in [0.1, 0.15) is 13.8 Å². The minimum atomic E-state index is -0.121. The molecule has 0 spiro atoms. The van der Waals surface area contributed by atoms with E-state index in [2.05, 4.69) is 24.1 Å². The second-order valence-corrected chi connectivity index (χ2v) is 3.98. The summed E-state index contributed by atoms with van der Waals surface area (Å²) in [6.07, 6.45) is 3.34. The Morgan fingerprint density at radius 2 is 1.94 bits per heavy atom. The van der Waals surface area contributed by atoms with Gasteiger partial charge in [-0.15, -0.1) is 0 Å². The summed E-state index contributed by atoms with van der Waals surface area (Å²) in [6.45, 7) is 4.18. The molecule has 0 atom stereocenters. The molecule has 0 unspecified atom stereocenters. The Labute approximate surface area is 93.9 Å². The second kappa shape index (κ2) is 4.26. The van der Waals surface area contributed by atoms with Crippen LogP contribution in [0, 0.1) is 0 Å². The highest BCUT2D eigenvalue weighted by atomic mass is 16.1. The molecule has 2 rings (SSSR count). The molecule has 0 radical (unpaired) electrons. The number of nitrogens with one attached hydrogen (secondary N) is 2. The molecule has 2 N–H and O–H groups in total. The molecular formula is C12H15N3O. The zero-order chi connectivity index (χ0) is 11.5. The van der Waals surface area contributed by atoms with E-state index in [4.69, 9.17) is 0 Å². The van der Waals surface area contributed by atoms with Gasteiger partial charge in [-0.05, 0) is 38.1 Å². The van der Waals surface area contributed by atoms with Gasteiger partial charge in [0.05, 0.1) is 5.69 Å². The number of anilines is 1. The molecule has 0 aliphatic heterocycles. The summed E-state index contributed by atoms with van der Waals surface area (Å²) >= 11 is 0. The van der Waals surface area contributed by atoms with Crippen LogP contribution in [0.25, 0.3) is 5.69 Å². The summed E-state index contributed by atoms with van der Waals surface area (Å²) in [7, 11) is 0. The Kier molecular flexibility index (Phi) is 2.81. The first-order valence-electron chi connectivity index (χ1n) is 5.30. The minimum Gasteiger partial charge on any atom is -0.383 e. The molecule has 1 aromatic heterocycles. The third-order valence-electron chi connectivity index (χ3n) is 2.25. The van der Waals surface area contributed by atoms with E-state index in [0.29, 0.717) is 6.04 Å². The smallest absolute Gasteiger partial charge is 0.330 e. The van der Waals surface area contributed by atoms with Gasteiger partial charge in [-0.2, -0.15) is 0 Å². The Morgan fingerprint density at radius 3 is 2.44 bits per heavy atom. The quantitative estimate of drug-likeness (QED) is 0.826. The van der Waals surface area contributed by atoms with Gasteiger partial charge >= 0.3 is 5.69 Å². The highest BCUT2D eigenvalue weighted by molar-refractivity contribution is 5.49. The summed E-state index contributed by atoms with van der Waals surface area (Å²) in [4.78, 5) is 14.0. The molecule has 0 fully saturated rings. The van der Waals surface area contributed by atoms with Gasteiger partial charge in [0.1, 0.15) is 0 Å². The first kappa shape index (κ1) is 10.5. The fourth-order valence-electron chi connectivity index (χ4n) is 1.58. The van der Waals surface area contributed by atoms with E-state index in [1.807, 2.05) is 24.3 Å². The average Bonchev–Trinajstić information content (AvgIpc) is 2.65. The zero-order valence-corrected chi connectivity index (χ0v) is 9.40. The average molecular weight is 217 g/mol. The standard InChI is InChI=1S/C12H15N3O/c1-9(2)14-10-3-5-11(6-4-10)15-8-7-13-12(15)16/h3-9,14H,1-2H3,(H,13,16). The predicted octanol–water partition coefficient (Wildman–Crippen LogP) is 1.99. The SMILES string of the molecule is CC(C)Nc1ccc(-n2cc[nH]c2=O)cc1. The number of aromatic nitrogens is 2. The number of aromatic amines is 1. The van der Waals surface area contributed by atoms with Crippen molar-refractivity contribution in [1.82, 2.24) is 9.55 Å². The number of benzene rings is 1. The van der Waals surface area contributed by atoms with Gasteiger partial charge in [-0.25, -0.2) is 4.79 Å². The highest BCUT2D eigenvalue weighted by Crippen LogP contribution is 2.12. The highest BCUT2D eigenvalue weighted by Gasteiger charge is 2.00. The van der Waals surface area contributed by atoms with E-state index in [0.717, 1.165) is 11.4 Å². The Hall–Kier alpha value is -1.97. The normalized spacial score (nSPS) is 10.7. The van der Waals surface area contributed by atoms with Crippen molar-refractivity contribution < 1.29 is 0 Å². The molecule has 1 heterocycles. The number of nitrogens with zero attached hydrogens (tertiary/aromatic N) is 1. The number of rotatable bonds is 3. The molecule has 0 amide bonds. The second-order valence-electron chi connectivity index (χ2n) is 3.98. The summed E-state index contributed by atoms with van der Waals surface area (Å²) in [5.74, 6) is 0. The van der Waals surface area contributed by atoms with Crippen LogP contribution in [0.15, 0.2) is 41.5 Å². The first-order valence-corrected chi connectivity index (χ1v) is 5.30. The Bertz CT molecular complexity index is 508. The van der Waals surface area contributed by atoms with Crippen LogP contribution < -0.4 is 11.0 Å². The molecule has 0 aliphatic rings. The van der Waals surface area contributed by atoms with E-state index in [1.165, 1.54) is 0 Å². The molecule has 0 saturated carbocycles. The largest absolute Gasteiger partial charge is 0.383 e. The van der Waals surface area contributed by atoms with E-state index >= 15 is 0 Å². The van der Waals surface area contributed by atoms with Crippen molar-refractivity contribution in [2.45, 2.75) is 19.9 Å². The third-order valence-corrected chi connectivity index (χ3v) is 2.25. The van der Waals surface area contributed by atoms with E-state index in [1.54, 1.807) is 17.0 Å². The van der Waals surface area contributed by atoms with Crippen molar-refractivity contribution in [3.05, 3.63) is 47.1 Å². The van der Waals surface area contributed by atoms with Gasteiger partial charge in [0, 0.05) is 24.1 Å². The lowest BCUT2D eigenvalue weighted by atomic mass is 10.2. The van der Waals surface area contributed by atoms with Gasteiger partial charge in [0.15, 0.2) is 0 Å². The summed E-state index contributed by atoms with van der Waals surface area (Å²) in [5.41, 5.74) is 1.80. The molecule has 84 valence electrons. The van der Waals surface area contributed by atoms with Gasteiger partial charge < -0.3 is 10.3 Å². The van der Waals surface area contributed by atoms with Crippen molar-refractivity contribution in [2.24, 2.45) is 0 Å². The van der Waals surface area contributed by atoms with Gasteiger partial charge in [-0.1, -0.05) is 0 Å². The predicted molar refractivity (Wildman–Crippen MR) is 65.1 cm³/mol. The molecule has 0 bridgehead atoms. The number of hydrogen-bond acceptors (Lipinski definition) is 2. The van der Waals surface area contributed by atoms with E-state index < -0.39 is 0 Å². The molecule has 16 heavy (non-hydrogen) atoms. The fourth-order valence-corrected chi connectivity index (χ4v) is 1.58. The summed E-state index contributed by atoms with van der Waals surface area (Å²) in [6, 6.07) is 8.17. The lowest BCUT2D eigenvalue weighted by Gasteiger charge is -2.10. The lowest BCUT2D eigenvalue weighted by molar-refractivity contribution is 0.899. The Balaban J connectivity index is 2.26. The van der Waals surface area contributed by atoms with Crippen molar-refractivity contribution in [1.29, 1.82) is 0 Å². The van der Waals surface area contributed by atoms with Crippen molar-refractivity contribution in [3.8, 4) is 5.69 Å². The monoisotopic (exact) mass is 217 g/mol. The van der Waals surface area contributed by atoms with Crippen LogP contribution in [-0.4, -0.2) is 15.6 Å². The fraction of sp³-hybridized carbons (Fsp3) is 0.250. The van der Waals surface area contributed by atoms with Crippen LogP contribution in [-0.2, 0) is 0 Å². The van der Waals surface area contributed by atoms with Gasteiger partial charge in [-0.3, -0.25) is 4.57 Å². The lowest BCUT2D eigenvalue weighted by Crippen LogP contribution is -2.14. The van der Waals surface area contributed by atoms with Gasteiger partial charge in [0.25, 0.3) is 0 Å². The molecule has 0 saturated heterocycles. The maximum absolute atomic E-state index is 11.4. The van der Waals surface area contributed by atoms with E-state index in [9.17, 15) is 4.79 Å². The minimum absolute atomic E-state index is 0.121. The zero-order valence-electron chi connectivity index (χ0n) is 9.40. The van der Waals surface area contributed by atoms with Gasteiger partial charge in [0.2, 0.25) is 0 Å². The Morgan fingerprint density at radius 1 is 1.25 bits per heavy atom. The maximum atomic E-state index is 11.4. The third kappa shape index (κ3) is 2.16. The van der Waals surface area contributed by atoms with E-state index in [-0.39, 0.29) is 5.69 Å². The molecule has 2 aromatic rings. The summed E-state index contributed by atoms with van der Waals surface area (Å²) in [5, 5.41) is 3.30. The van der Waals surface area contributed by atoms with Crippen molar-refractivity contribution >= 4 is 5.69 Å². The number of imidazole rings is 1. The molecular weight excluding hydrogens is 202 g/mol. The van der Waals surface area contributed by atoms with Crippen LogP contribution in [0.3, 0.4) is 0 Å². The van der Waals surface area contributed by atoms with Crippen molar-refractivity contribution in [3.63, 3.8) is 0 Å².